The molecule has 0 bridgehead atoms. The van der Waals surface area contributed by atoms with Crippen LogP contribution in [-0.4, -0.2) is 11.8 Å². The molecule has 2 N–H and O–H groups in total. The van der Waals surface area contributed by atoms with E-state index in [0.29, 0.717) is 5.02 Å². The molecule has 2 rings (SSSR count). The van der Waals surface area contributed by atoms with E-state index >= 15 is 0 Å². The van der Waals surface area contributed by atoms with Crippen LogP contribution in [0.25, 0.3) is 0 Å². The van der Waals surface area contributed by atoms with E-state index in [-0.39, 0.29) is 12.6 Å². The van der Waals surface area contributed by atoms with Gasteiger partial charge < -0.3 is 10.6 Å². The fraction of sp³-hybridized carbons (Fsp3) is 0.176. The quantitative estimate of drug-likeness (QED) is 0.852. The Labute approximate surface area is 134 Å². The van der Waals surface area contributed by atoms with Gasteiger partial charge in [-0.2, -0.15) is 0 Å². The fourth-order valence-electron chi connectivity index (χ4n) is 2.00. The molecule has 114 valence electrons. The third-order valence-electron chi connectivity index (χ3n) is 3.20. The molecule has 22 heavy (non-hydrogen) atoms. The summed E-state index contributed by atoms with van der Waals surface area (Å²) in [6.07, 6.45) is 0. The van der Waals surface area contributed by atoms with Crippen LogP contribution >= 0.6 is 11.6 Å². The zero-order valence-electron chi connectivity index (χ0n) is 12.2. The summed E-state index contributed by atoms with van der Waals surface area (Å²) in [6, 6.07) is 16.4. The molecule has 0 saturated heterocycles. The molecular weight excluding hydrogens is 300 g/mol. The number of nitrogens with one attached hydrogen (secondary N) is 2. The molecule has 0 heterocycles. The molecule has 1 atom stereocenters. The van der Waals surface area contributed by atoms with Gasteiger partial charge in [-0.15, -0.1) is 0 Å². The molecule has 0 unspecified atom stereocenters. The van der Waals surface area contributed by atoms with E-state index in [1.54, 1.807) is 18.2 Å². The Bertz CT molecular complexity index is 659. The minimum atomic E-state index is -0.664. The van der Waals surface area contributed by atoms with Crippen molar-refractivity contribution in [1.82, 2.24) is 10.6 Å². The Morgan fingerprint density at radius 2 is 1.77 bits per heavy atom. The second-order valence-corrected chi connectivity index (χ2v) is 5.35. The van der Waals surface area contributed by atoms with E-state index in [1.807, 2.05) is 43.3 Å². The Kier molecular flexibility index (Phi) is 5.55. The highest BCUT2D eigenvalue weighted by atomic mass is 35.5. The van der Waals surface area contributed by atoms with Gasteiger partial charge in [-0.1, -0.05) is 54.1 Å². The number of rotatable bonds is 4. The predicted octanol–water partition coefficient (Wildman–Crippen LogP) is 2.83. The smallest absolute Gasteiger partial charge is 0.309 e. The number of amides is 2. The molecule has 4 nitrogen and oxygen atoms in total. The number of carbonyl (C=O) groups is 2. The molecule has 2 amide bonds. The molecule has 5 heteroatoms. The number of carbonyl (C=O) groups excluding carboxylic acids is 2. The maximum atomic E-state index is 11.9. The summed E-state index contributed by atoms with van der Waals surface area (Å²) in [6.45, 7) is 2.09. The van der Waals surface area contributed by atoms with Crippen LogP contribution in [-0.2, 0) is 16.1 Å². The Morgan fingerprint density at radius 3 is 2.45 bits per heavy atom. The number of hydrogen-bond donors (Lipinski definition) is 2. The van der Waals surface area contributed by atoms with Crippen LogP contribution in [0.4, 0.5) is 0 Å². The van der Waals surface area contributed by atoms with E-state index in [1.165, 1.54) is 0 Å². The minimum absolute atomic E-state index is 0.231. The first-order chi connectivity index (χ1) is 10.6. The van der Waals surface area contributed by atoms with Crippen LogP contribution in [0.2, 0.25) is 5.02 Å². The van der Waals surface area contributed by atoms with Crippen molar-refractivity contribution in [3.63, 3.8) is 0 Å². The second kappa shape index (κ2) is 7.61. The topological polar surface area (TPSA) is 58.2 Å². The van der Waals surface area contributed by atoms with E-state index in [0.717, 1.165) is 11.1 Å². The fourth-order valence-corrected chi connectivity index (χ4v) is 2.21. The van der Waals surface area contributed by atoms with Crippen molar-refractivity contribution in [2.24, 2.45) is 0 Å². The molecule has 0 radical (unpaired) electrons. The van der Waals surface area contributed by atoms with E-state index in [2.05, 4.69) is 10.6 Å². The summed E-state index contributed by atoms with van der Waals surface area (Å²) in [4.78, 5) is 23.7. The zero-order valence-corrected chi connectivity index (χ0v) is 12.9. The van der Waals surface area contributed by atoms with Crippen LogP contribution in [0.3, 0.4) is 0 Å². The number of benzene rings is 2. The highest BCUT2D eigenvalue weighted by molar-refractivity contribution is 6.35. The number of hydrogen-bond acceptors (Lipinski definition) is 2. The van der Waals surface area contributed by atoms with Gasteiger partial charge in [0.05, 0.1) is 6.04 Å². The lowest BCUT2D eigenvalue weighted by Crippen LogP contribution is -2.40. The van der Waals surface area contributed by atoms with Crippen molar-refractivity contribution in [1.29, 1.82) is 0 Å². The number of halogens is 1. The first kappa shape index (κ1) is 16.0. The molecule has 0 fully saturated rings. The van der Waals surface area contributed by atoms with Crippen LogP contribution in [0, 0.1) is 0 Å². The van der Waals surface area contributed by atoms with Crippen LogP contribution in [0.5, 0.6) is 0 Å². The van der Waals surface area contributed by atoms with Crippen molar-refractivity contribution in [2.75, 3.05) is 0 Å². The van der Waals surface area contributed by atoms with E-state index in [4.69, 9.17) is 11.6 Å². The second-order valence-electron chi connectivity index (χ2n) is 4.92. The van der Waals surface area contributed by atoms with Gasteiger partial charge >= 0.3 is 11.8 Å². The summed E-state index contributed by atoms with van der Waals surface area (Å²) >= 11 is 5.87. The van der Waals surface area contributed by atoms with Gasteiger partial charge in [-0.25, -0.2) is 0 Å². The monoisotopic (exact) mass is 316 g/mol. The Hall–Kier alpha value is -2.33. The van der Waals surface area contributed by atoms with Crippen molar-refractivity contribution >= 4 is 23.4 Å². The maximum absolute atomic E-state index is 11.9. The minimum Gasteiger partial charge on any atom is -0.344 e. The van der Waals surface area contributed by atoms with Crippen molar-refractivity contribution in [2.45, 2.75) is 19.5 Å². The van der Waals surface area contributed by atoms with Gasteiger partial charge in [0.25, 0.3) is 0 Å². The molecule has 0 spiro atoms. The first-order valence-electron chi connectivity index (χ1n) is 6.94. The van der Waals surface area contributed by atoms with Gasteiger partial charge in [-0.3, -0.25) is 9.59 Å². The normalized spacial score (nSPS) is 11.5. The van der Waals surface area contributed by atoms with Gasteiger partial charge in [-0.05, 0) is 30.2 Å². The van der Waals surface area contributed by atoms with E-state index in [9.17, 15) is 9.59 Å². The van der Waals surface area contributed by atoms with Crippen LogP contribution in [0.1, 0.15) is 24.1 Å². The summed E-state index contributed by atoms with van der Waals surface area (Å²) in [5.74, 6) is -1.32. The van der Waals surface area contributed by atoms with Crippen LogP contribution in [0.15, 0.2) is 54.6 Å². The lowest BCUT2D eigenvalue weighted by molar-refractivity contribution is -0.139. The predicted molar refractivity (Wildman–Crippen MR) is 86.3 cm³/mol. The highest BCUT2D eigenvalue weighted by Gasteiger charge is 2.16. The summed E-state index contributed by atoms with van der Waals surface area (Å²) in [5, 5.41) is 5.83. The lowest BCUT2D eigenvalue weighted by Gasteiger charge is -2.14. The van der Waals surface area contributed by atoms with Gasteiger partial charge in [0, 0.05) is 11.6 Å². The lowest BCUT2D eigenvalue weighted by atomic mass is 10.1. The highest BCUT2D eigenvalue weighted by Crippen LogP contribution is 2.11. The largest absolute Gasteiger partial charge is 0.344 e. The van der Waals surface area contributed by atoms with Crippen molar-refractivity contribution < 1.29 is 9.59 Å². The van der Waals surface area contributed by atoms with Gasteiger partial charge in [0.1, 0.15) is 0 Å². The average molecular weight is 317 g/mol. The van der Waals surface area contributed by atoms with Crippen molar-refractivity contribution in [3.8, 4) is 0 Å². The van der Waals surface area contributed by atoms with Gasteiger partial charge in [0.15, 0.2) is 0 Å². The van der Waals surface area contributed by atoms with Crippen molar-refractivity contribution in [3.05, 3.63) is 70.7 Å². The molecular formula is C17H17ClN2O2. The molecule has 0 aliphatic rings. The molecule has 0 aromatic heterocycles. The molecule has 2 aromatic rings. The summed E-state index contributed by atoms with van der Waals surface area (Å²) in [5.41, 5.74) is 1.78. The first-order valence-corrected chi connectivity index (χ1v) is 7.32. The standard InChI is InChI=1S/C17H17ClN2O2/c1-12(14-7-3-2-4-8-14)20-17(22)16(21)19-11-13-6-5-9-15(18)10-13/h2-10,12H,11H2,1H3,(H,19,21)(H,20,22)/t12-/m1/s1. The van der Waals surface area contributed by atoms with Crippen LogP contribution < -0.4 is 10.6 Å². The molecule has 2 aromatic carbocycles. The molecule has 0 saturated carbocycles. The molecule has 0 aliphatic heterocycles. The third kappa shape index (κ3) is 4.60. The maximum Gasteiger partial charge on any atom is 0.309 e. The summed E-state index contributed by atoms with van der Waals surface area (Å²) < 4.78 is 0. The van der Waals surface area contributed by atoms with E-state index < -0.39 is 11.8 Å². The Morgan fingerprint density at radius 1 is 1.05 bits per heavy atom. The molecule has 0 aliphatic carbocycles. The summed E-state index contributed by atoms with van der Waals surface area (Å²) in [7, 11) is 0. The average Bonchev–Trinajstić information content (AvgIpc) is 2.53. The van der Waals surface area contributed by atoms with Gasteiger partial charge in [0.2, 0.25) is 0 Å². The third-order valence-corrected chi connectivity index (χ3v) is 3.43. The Balaban J connectivity index is 1.86. The zero-order chi connectivity index (χ0) is 15.9. The SMILES string of the molecule is C[C@@H](NC(=O)C(=O)NCc1cccc(Cl)c1)c1ccccc1.